The smallest absolute Gasteiger partial charge is 0.478 e. The summed E-state index contributed by atoms with van der Waals surface area (Å²) in [5.74, 6) is -6.30. The number of amides is 1. The topological polar surface area (TPSA) is 111 Å². The number of carbonyl (C=O) groups excluding carboxylic acids is 1. The van der Waals surface area contributed by atoms with Gasteiger partial charge in [0.15, 0.2) is 0 Å². The summed E-state index contributed by atoms with van der Waals surface area (Å²) < 4.78 is 76.3. The van der Waals surface area contributed by atoms with Gasteiger partial charge >= 0.3 is 30.2 Å². The third-order valence-corrected chi connectivity index (χ3v) is 4.89. The maximum Gasteiger partial charge on any atom is 0.490 e. The van der Waals surface area contributed by atoms with Gasteiger partial charge in [0.25, 0.3) is 0 Å². The van der Waals surface area contributed by atoms with Crippen LogP contribution in [0.1, 0.15) is 17.3 Å². The van der Waals surface area contributed by atoms with E-state index in [2.05, 4.69) is 4.90 Å². The number of rotatable bonds is 6. The predicted octanol–water partition coefficient (Wildman–Crippen LogP) is 2.70. The molecule has 0 radical (unpaired) electrons. The average Bonchev–Trinajstić information content (AvgIpc) is 2.73. The van der Waals surface area contributed by atoms with Gasteiger partial charge in [-0.3, -0.25) is 9.69 Å². The fraction of sp³-hybridized carbons (Fsp3) is 0.550. The highest BCUT2D eigenvalue weighted by Crippen LogP contribution is 2.32. The van der Waals surface area contributed by atoms with Gasteiger partial charge in [0.05, 0.1) is 23.9 Å². The number of ether oxygens (including phenoxy) is 1. The number of nitrogens with zero attached hydrogens (tertiary/aromatic N) is 3. The molecule has 1 atom stereocenters. The molecule has 1 aromatic rings. The molecule has 0 aromatic heterocycles. The van der Waals surface area contributed by atoms with Crippen molar-refractivity contribution >= 4 is 29.2 Å². The molecule has 198 valence electrons. The monoisotopic (exact) mass is 517 g/mol. The summed E-state index contributed by atoms with van der Waals surface area (Å²) in [6.07, 6.45) is -10.2. The minimum absolute atomic E-state index is 0.181. The molecule has 0 bridgehead atoms. The van der Waals surface area contributed by atoms with Crippen LogP contribution in [-0.4, -0.2) is 98.3 Å². The number of carboxylic acids is 2. The van der Waals surface area contributed by atoms with E-state index in [0.29, 0.717) is 23.7 Å². The lowest BCUT2D eigenvalue weighted by Crippen LogP contribution is -2.49. The van der Waals surface area contributed by atoms with Crippen LogP contribution in [0.4, 0.5) is 37.7 Å². The molecule has 15 heteroatoms. The molecule has 35 heavy (non-hydrogen) atoms. The molecule has 0 spiro atoms. The molecule has 1 fully saturated rings. The van der Waals surface area contributed by atoms with E-state index in [1.54, 1.807) is 6.07 Å². The Kier molecular flexibility index (Phi) is 10.3. The van der Waals surface area contributed by atoms with Gasteiger partial charge in [-0.25, -0.2) is 9.59 Å². The first-order valence-electron chi connectivity index (χ1n) is 10.0. The summed E-state index contributed by atoms with van der Waals surface area (Å²) >= 11 is 0. The zero-order chi connectivity index (χ0) is 27.1. The third-order valence-electron chi connectivity index (χ3n) is 4.89. The van der Waals surface area contributed by atoms with Gasteiger partial charge in [0, 0.05) is 39.0 Å². The van der Waals surface area contributed by atoms with Gasteiger partial charge < -0.3 is 24.7 Å². The zero-order valence-corrected chi connectivity index (χ0v) is 19.0. The van der Waals surface area contributed by atoms with Crippen LogP contribution in [-0.2, 0) is 14.3 Å². The molecular weight excluding hydrogens is 492 g/mol. The number of aromatic carboxylic acids is 1. The van der Waals surface area contributed by atoms with Crippen LogP contribution in [0.3, 0.4) is 0 Å². The quantitative estimate of drug-likeness (QED) is 0.555. The number of anilines is 2. The van der Waals surface area contributed by atoms with Crippen molar-refractivity contribution in [3.63, 3.8) is 0 Å². The fourth-order valence-corrected chi connectivity index (χ4v) is 3.16. The van der Waals surface area contributed by atoms with E-state index in [0.717, 1.165) is 13.1 Å². The number of likely N-dealkylation sites (N-methyl/N-ethyl adjacent to an activating group) is 1. The third kappa shape index (κ3) is 8.58. The normalized spacial score (nSPS) is 15.6. The number of carbonyl (C=O) groups is 3. The molecule has 0 unspecified atom stereocenters. The van der Waals surface area contributed by atoms with Crippen molar-refractivity contribution < 1.29 is 55.7 Å². The van der Waals surface area contributed by atoms with E-state index in [4.69, 9.17) is 14.6 Å². The number of benzene rings is 1. The number of piperazine rings is 1. The van der Waals surface area contributed by atoms with E-state index in [-0.39, 0.29) is 17.9 Å². The Morgan fingerprint density at radius 2 is 1.54 bits per heavy atom. The summed E-state index contributed by atoms with van der Waals surface area (Å²) in [4.78, 5) is 37.2. The predicted molar refractivity (Wildman–Crippen MR) is 112 cm³/mol. The largest absolute Gasteiger partial charge is 0.490 e. The summed E-state index contributed by atoms with van der Waals surface area (Å²) in [5.41, 5.74) is -0.105. The molecular formula is C20H25F6N3O6. The van der Waals surface area contributed by atoms with E-state index < -0.39 is 36.2 Å². The van der Waals surface area contributed by atoms with Crippen LogP contribution in [0.15, 0.2) is 18.2 Å². The van der Waals surface area contributed by atoms with Crippen molar-refractivity contribution in [3.05, 3.63) is 23.8 Å². The Hall–Kier alpha value is -3.07. The molecule has 1 aliphatic rings. The average molecular weight is 517 g/mol. The molecule has 0 saturated carbocycles. The van der Waals surface area contributed by atoms with Crippen molar-refractivity contribution in [1.82, 2.24) is 4.90 Å². The summed E-state index contributed by atoms with van der Waals surface area (Å²) in [6.45, 7) is 4.01. The molecule has 1 saturated heterocycles. The fourth-order valence-electron chi connectivity index (χ4n) is 3.16. The summed E-state index contributed by atoms with van der Waals surface area (Å²) in [6, 6.07) is 3.11. The van der Waals surface area contributed by atoms with Crippen molar-refractivity contribution in [2.45, 2.75) is 25.3 Å². The van der Waals surface area contributed by atoms with Gasteiger partial charge in [0.1, 0.15) is 0 Å². The first kappa shape index (κ1) is 30.0. The van der Waals surface area contributed by atoms with Crippen LogP contribution in [0, 0.1) is 0 Å². The lowest BCUT2D eigenvalue weighted by Gasteiger charge is -2.35. The van der Waals surface area contributed by atoms with Crippen LogP contribution in [0.5, 0.6) is 0 Å². The lowest BCUT2D eigenvalue weighted by atomic mass is 10.1. The number of alkyl halides is 6. The van der Waals surface area contributed by atoms with E-state index in [1.165, 1.54) is 26.2 Å². The van der Waals surface area contributed by atoms with Crippen LogP contribution >= 0.6 is 0 Å². The van der Waals surface area contributed by atoms with Crippen molar-refractivity contribution in [2.75, 3.05) is 56.7 Å². The number of hydrogen-bond donors (Lipinski definition) is 2. The number of carboxylic acid groups (broad SMARTS) is 2. The molecule has 2 rings (SSSR count). The Balaban J connectivity index is 0.000000762. The Labute approximate surface area is 196 Å². The second-order valence-corrected chi connectivity index (χ2v) is 7.58. The summed E-state index contributed by atoms with van der Waals surface area (Å²) in [7, 11) is 3.26. The minimum atomic E-state index is -5.15. The SMILES string of the molecule is COC[C@@H](C)N(C(=O)C(F)(F)F)c1cc(N2CCN(C)CC2)ccc1C(=O)O.O=C(O)C(F)(F)F. The molecule has 0 aliphatic carbocycles. The van der Waals surface area contributed by atoms with E-state index >= 15 is 0 Å². The van der Waals surface area contributed by atoms with E-state index in [9.17, 15) is 41.0 Å². The molecule has 1 aromatic carbocycles. The molecule has 9 nitrogen and oxygen atoms in total. The zero-order valence-electron chi connectivity index (χ0n) is 19.0. The van der Waals surface area contributed by atoms with Crippen LogP contribution in [0.2, 0.25) is 0 Å². The van der Waals surface area contributed by atoms with Gasteiger partial charge in [-0.2, -0.15) is 26.3 Å². The number of hydrogen-bond acceptors (Lipinski definition) is 6. The van der Waals surface area contributed by atoms with Crippen molar-refractivity contribution in [3.8, 4) is 0 Å². The highest BCUT2D eigenvalue weighted by molar-refractivity contribution is 6.04. The van der Waals surface area contributed by atoms with Gasteiger partial charge in [-0.05, 0) is 32.2 Å². The standard InChI is InChI=1S/C18H24F3N3O4.C2HF3O2/c1-12(11-28-3)24(17(27)18(19,20)21)15-10-13(4-5-14(15)16(25)26)23-8-6-22(2)7-9-23;3-2(4,5)1(6)7/h4-5,10,12H,6-9,11H2,1-3H3,(H,25,26);(H,6,7)/t12-;/m1./s1. The van der Waals surface area contributed by atoms with E-state index in [1.807, 2.05) is 11.9 Å². The highest BCUT2D eigenvalue weighted by atomic mass is 19.4. The maximum atomic E-state index is 13.2. The van der Waals surface area contributed by atoms with Crippen LogP contribution in [0.25, 0.3) is 0 Å². The van der Waals surface area contributed by atoms with Gasteiger partial charge in [-0.15, -0.1) is 0 Å². The maximum absolute atomic E-state index is 13.2. The summed E-state index contributed by atoms with van der Waals surface area (Å²) in [5, 5.41) is 16.6. The molecule has 1 aliphatic heterocycles. The first-order chi connectivity index (χ1) is 16.0. The lowest BCUT2D eigenvalue weighted by molar-refractivity contribution is -0.192. The van der Waals surface area contributed by atoms with Crippen molar-refractivity contribution in [1.29, 1.82) is 0 Å². The molecule has 2 N–H and O–H groups in total. The second kappa shape index (κ2) is 12.1. The Morgan fingerprint density at radius 1 is 1.03 bits per heavy atom. The molecule has 1 amide bonds. The second-order valence-electron chi connectivity index (χ2n) is 7.58. The Bertz CT molecular complexity index is 900. The number of methoxy groups -OCH3 is 1. The highest BCUT2D eigenvalue weighted by Gasteiger charge is 2.45. The molecule has 1 heterocycles. The number of halogens is 6. The van der Waals surface area contributed by atoms with Gasteiger partial charge in [-0.1, -0.05) is 0 Å². The van der Waals surface area contributed by atoms with Crippen LogP contribution < -0.4 is 9.80 Å². The Morgan fingerprint density at radius 3 is 1.94 bits per heavy atom. The first-order valence-corrected chi connectivity index (χ1v) is 10.0. The van der Waals surface area contributed by atoms with Crippen molar-refractivity contribution in [2.24, 2.45) is 0 Å². The minimum Gasteiger partial charge on any atom is -0.478 e. The van der Waals surface area contributed by atoms with Gasteiger partial charge in [0.2, 0.25) is 0 Å². The number of aliphatic carboxylic acids is 1.